The van der Waals surface area contributed by atoms with Crippen LogP contribution in [0, 0.1) is 19.8 Å². The summed E-state index contributed by atoms with van der Waals surface area (Å²) in [7, 11) is 1.66. The van der Waals surface area contributed by atoms with Crippen molar-refractivity contribution in [2.75, 3.05) is 7.11 Å². The number of furan rings is 1. The lowest BCUT2D eigenvalue weighted by Crippen LogP contribution is -2.01. The van der Waals surface area contributed by atoms with E-state index in [2.05, 4.69) is 13.8 Å². The summed E-state index contributed by atoms with van der Waals surface area (Å²) in [4.78, 5) is 0. The van der Waals surface area contributed by atoms with Crippen LogP contribution in [0.15, 0.2) is 28.7 Å². The molecule has 1 N–H and O–H groups in total. The van der Waals surface area contributed by atoms with Crippen LogP contribution in [-0.4, -0.2) is 12.2 Å². The molecule has 0 aliphatic rings. The van der Waals surface area contributed by atoms with Crippen molar-refractivity contribution < 1.29 is 14.3 Å². The summed E-state index contributed by atoms with van der Waals surface area (Å²) < 4.78 is 11.1. The minimum atomic E-state index is -0.471. The van der Waals surface area contributed by atoms with Crippen LogP contribution in [-0.2, 0) is 0 Å². The molecule has 1 atom stereocenters. The summed E-state index contributed by atoms with van der Waals surface area (Å²) in [6, 6.07) is 7.85. The number of aryl methyl sites for hydroxylation is 2. The summed E-state index contributed by atoms with van der Waals surface area (Å²) in [5.74, 6) is 2.86. The molecule has 1 heterocycles. The van der Waals surface area contributed by atoms with E-state index in [9.17, 15) is 5.11 Å². The highest BCUT2D eigenvalue weighted by Crippen LogP contribution is 2.34. The third-order valence-corrected chi connectivity index (χ3v) is 3.71. The molecule has 0 fully saturated rings. The molecular formula is C18H24O3. The standard InChI is InChI=1S/C18H24O3/c1-11(2)8-17(19)16-10-18(21-13(16)4)15-7-6-14(20-5)9-12(15)3/h6-7,9-11,17,19H,8H2,1-5H3. The molecule has 114 valence electrons. The Labute approximate surface area is 126 Å². The van der Waals surface area contributed by atoms with Crippen molar-refractivity contribution in [3.63, 3.8) is 0 Å². The molecule has 1 aromatic carbocycles. The van der Waals surface area contributed by atoms with Gasteiger partial charge in [0.05, 0.1) is 13.2 Å². The van der Waals surface area contributed by atoms with Crippen LogP contribution < -0.4 is 4.74 Å². The highest BCUT2D eigenvalue weighted by atomic mass is 16.5. The van der Waals surface area contributed by atoms with Crippen molar-refractivity contribution in [1.29, 1.82) is 0 Å². The number of benzene rings is 1. The van der Waals surface area contributed by atoms with Crippen molar-refractivity contribution in [3.05, 3.63) is 41.2 Å². The quantitative estimate of drug-likeness (QED) is 0.870. The van der Waals surface area contributed by atoms with Crippen LogP contribution in [0.4, 0.5) is 0 Å². The molecule has 0 saturated heterocycles. The lowest BCUT2D eigenvalue weighted by atomic mass is 9.99. The van der Waals surface area contributed by atoms with Gasteiger partial charge in [0.15, 0.2) is 0 Å². The zero-order valence-corrected chi connectivity index (χ0v) is 13.4. The van der Waals surface area contributed by atoms with Gasteiger partial charge in [-0.05, 0) is 56.0 Å². The van der Waals surface area contributed by atoms with E-state index in [1.54, 1.807) is 7.11 Å². The summed E-state index contributed by atoms with van der Waals surface area (Å²) in [5.41, 5.74) is 3.00. The lowest BCUT2D eigenvalue weighted by Gasteiger charge is -2.11. The molecule has 0 spiro atoms. The zero-order chi connectivity index (χ0) is 15.6. The largest absolute Gasteiger partial charge is 0.497 e. The summed E-state index contributed by atoms with van der Waals surface area (Å²) in [6.45, 7) is 8.14. The van der Waals surface area contributed by atoms with Gasteiger partial charge in [0.2, 0.25) is 0 Å². The molecule has 0 saturated carbocycles. The Kier molecular flexibility index (Phi) is 4.73. The highest BCUT2D eigenvalue weighted by molar-refractivity contribution is 5.64. The SMILES string of the molecule is COc1ccc(-c2cc(C(O)CC(C)C)c(C)o2)c(C)c1. The van der Waals surface area contributed by atoms with Gasteiger partial charge >= 0.3 is 0 Å². The Hall–Kier alpha value is -1.74. The van der Waals surface area contributed by atoms with Gasteiger partial charge in [0.1, 0.15) is 17.3 Å². The molecule has 3 heteroatoms. The predicted molar refractivity (Wildman–Crippen MR) is 84.6 cm³/mol. The van der Waals surface area contributed by atoms with Gasteiger partial charge in [-0.3, -0.25) is 0 Å². The van der Waals surface area contributed by atoms with E-state index in [4.69, 9.17) is 9.15 Å². The maximum absolute atomic E-state index is 10.3. The van der Waals surface area contributed by atoms with Crippen LogP contribution in [0.3, 0.4) is 0 Å². The first-order valence-electron chi connectivity index (χ1n) is 7.35. The number of ether oxygens (including phenoxy) is 1. The van der Waals surface area contributed by atoms with Gasteiger partial charge in [-0.2, -0.15) is 0 Å². The second-order valence-corrected chi connectivity index (χ2v) is 5.95. The maximum atomic E-state index is 10.3. The number of hydrogen-bond donors (Lipinski definition) is 1. The topological polar surface area (TPSA) is 42.6 Å². The molecule has 1 aromatic heterocycles. The predicted octanol–water partition coefficient (Wildman–Crippen LogP) is 4.65. The summed E-state index contributed by atoms with van der Waals surface area (Å²) in [6.07, 6.45) is 0.266. The molecule has 2 aromatic rings. The molecule has 1 unspecified atom stereocenters. The van der Waals surface area contributed by atoms with Gasteiger partial charge in [-0.1, -0.05) is 13.8 Å². The van der Waals surface area contributed by atoms with Crippen molar-refractivity contribution in [2.45, 2.75) is 40.2 Å². The highest BCUT2D eigenvalue weighted by Gasteiger charge is 2.18. The Bertz CT molecular complexity index is 611. The molecule has 0 aliphatic carbocycles. The Morgan fingerprint density at radius 3 is 2.48 bits per heavy atom. The van der Waals surface area contributed by atoms with Gasteiger partial charge in [0, 0.05) is 11.1 Å². The first kappa shape index (κ1) is 15.6. The third kappa shape index (κ3) is 3.48. The number of aliphatic hydroxyl groups excluding tert-OH is 1. The van der Waals surface area contributed by atoms with Crippen molar-refractivity contribution in [2.24, 2.45) is 5.92 Å². The van der Waals surface area contributed by atoms with Crippen LogP contribution in [0.25, 0.3) is 11.3 Å². The van der Waals surface area contributed by atoms with E-state index in [1.807, 2.05) is 38.1 Å². The molecule has 3 nitrogen and oxygen atoms in total. The van der Waals surface area contributed by atoms with Gasteiger partial charge < -0.3 is 14.3 Å². The number of methoxy groups -OCH3 is 1. The molecule has 0 bridgehead atoms. The molecule has 0 amide bonds. The first-order chi connectivity index (χ1) is 9.92. The lowest BCUT2D eigenvalue weighted by molar-refractivity contribution is 0.149. The summed E-state index contributed by atoms with van der Waals surface area (Å²) >= 11 is 0. The average molecular weight is 288 g/mol. The number of hydrogen-bond acceptors (Lipinski definition) is 3. The van der Waals surface area contributed by atoms with Gasteiger partial charge in [0.25, 0.3) is 0 Å². The van der Waals surface area contributed by atoms with E-state index in [-0.39, 0.29) is 0 Å². The number of aliphatic hydroxyl groups is 1. The second-order valence-electron chi connectivity index (χ2n) is 5.95. The molecule has 21 heavy (non-hydrogen) atoms. The van der Waals surface area contributed by atoms with Crippen molar-refractivity contribution in [3.8, 4) is 17.1 Å². The second kappa shape index (κ2) is 6.35. The minimum Gasteiger partial charge on any atom is -0.497 e. The van der Waals surface area contributed by atoms with E-state index in [1.165, 1.54) is 0 Å². The van der Waals surface area contributed by atoms with E-state index in [0.29, 0.717) is 5.92 Å². The minimum absolute atomic E-state index is 0.445. The van der Waals surface area contributed by atoms with Crippen LogP contribution in [0.1, 0.15) is 43.3 Å². The molecule has 2 rings (SSSR count). The van der Waals surface area contributed by atoms with Crippen molar-refractivity contribution in [1.82, 2.24) is 0 Å². The Morgan fingerprint density at radius 1 is 1.19 bits per heavy atom. The van der Waals surface area contributed by atoms with E-state index in [0.717, 1.165) is 40.4 Å². The fourth-order valence-corrected chi connectivity index (χ4v) is 2.57. The smallest absolute Gasteiger partial charge is 0.134 e. The Morgan fingerprint density at radius 2 is 1.90 bits per heavy atom. The van der Waals surface area contributed by atoms with E-state index >= 15 is 0 Å². The fourth-order valence-electron chi connectivity index (χ4n) is 2.57. The normalized spacial score (nSPS) is 12.7. The summed E-state index contributed by atoms with van der Waals surface area (Å²) in [5, 5.41) is 10.3. The molecule has 0 aliphatic heterocycles. The van der Waals surface area contributed by atoms with E-state index < -0.39 is 6.10 Å². The van der Waals surface area contributed by atoms with Gasteiger partial charge in [-0.15, -0.1) is 0 Å². The zero-order valence-electron chi connectivity index (χ0n) is 13.4. The number of rotatable bonds is 5. The van der Waals surface area contributed by atoms with Crippen LogP contribution in [0.2, 0.25) is 0 Å². The maximum Gasteiger partial charge on any atom is 0.134 e. The van der Waals surface area contributed by atoms with Crippen LogP contribution >= 0.6 is 0 Å². The third-order valence-electron chi connectivity index (χ3n) is 3.71. The van der Waals surface area contributed by atoms with Gasteiger partial charge in [-0.25, -0.2) is 0 Å². The molecule has 0 radical (unpaired) electrons. The molecular weight excluding hydrogens is 264 g/mol. The fraction of sp³-hybridized carbons (Fsp3) is 0.444. The van der Waals surface area contributed by atoms with Crippen LogP contribution in [0.5, 0.6) is 5.75 Å². The van der Waals surface area contributed by atoms with Crippen molar-refractivity contribution >= 4 is 0 Å². The Balaban J connectivity index is 2.34. The first-order valence-corrected chi connectivity index (χ1v) is 7.35. The monoisotopic (exact) mass is 288 g/mol. The average Bonchev–Trinajstić information content (AvgIpc) is 2.79.